The largest absolute Gasteiger partial charge is 0.482 e. The van der Waals surface area contributed by atoms with E-state index < -0.39 is 28.3 Å². The zero-order valence-electron chi connectivity index (χ0n) is 17.0. The average Bonchev–Trinajstić information content (AvgIpc) is 3.03. The molecule has 1 amide bonds. The lowest BCUT2D eigenvalue weighted by Crippen LogP contribution is -2.24. The number of hydrogen-bond acceptors (Lipinski definition) is 7. The van der Waals surface area contributed by atoms with Gasteiger partial charge in [-0.25, -0.2) is 8.42 Å². The van der Waals surface area contributed by atoms with E-state index in [0.717, 1.165) is 17.6 Å². The number of hydrogen-bond donors (Lipinski definition) is 0. The highest BCUT2D eigenvalue weighted by molar-refractivity contribution is 7.90. The van der Waals surface area contributed by atoms with Gasteiger partial charge in [0, 0.05) is 11.3 Å². The van der Waals surface area contributed by atoms with Crippen molar-refractivity contribution in [2.45, 2.75) is 18.4 Å². The Morgan fingerprint density at radius 3 is 2.56 bits per heavy atom. The highest BCUT2D eigenvalue weighted by atomic mass is 35.5. The van der Waals surface area contributed by atoms with Crippen LogP contribution in [0.5, 0.6) is 5.75 Å². The second-order valence-electron chi connectivity index (χ2n) is 6.55. The van der Waals surface area contributed by atoms with E-state index in [1.54, 1.807) is 19.1 Å². The van der Waals surface area contributed by atoms with Crippen molar-refractivity contribution in [2.75, 3.05) is 19.5 Å². The summed E-state index contributed by atoms with van der Waals surface area (Å²) in [6.45, 7) is 1.28. The fourth-order valence-corrected chi connectivity index (χ4v) is 5.00. The number of aromatic nitrogens is 1. The summed E-state index contributed by atoms with van der Waals surface area (Å²) in [6.07, 6.45) is 1.10. The van der Waals surface area contributed by atoms with E-state index in [0.29, 0.717) is 15.2 Å². The van der Waals surface area contributed by atoms with Crippen molar-refractivity contribution in [1.29, 1.82) is 0 Å². The van der Waals surface area contributed by atoms with E-state index in [1.165, 1.54) is 28.8 Å². The summed E-state index contributed by atoms with van der Waals surface area (Å²) in [7, 11) is -3.43. The smallest absolute Gasteiger partial charge is 0.326 e. The Bertz CT molecular complexity index is 1360. The second kappa shape index (κ2) is 10.0. The maximum absolute atomic E-state index is 12.5. The van der Waals surface area contributed by atoms with E-state index in [9.17, 15) is 18.0 Å². The number of amides is 1. The number of ether oxygens (including phenoxy) is 2. The third-order valence-electron chi connectivity index (χ3n) is 4.14. The molecule has 0 bridgehead atoms. The predicted molar refractivity (Wildman–Crippen MR) is 122 cm³/mol. The Morgan fingerprint density at radius 2 is 1.91 bits per heavy atom. The maximum Gasteiger partial charge on any atom is 0.326 e. The lowest BCUT2D eigenvalue weighted by molar-refractivity contribution is -0.143. The van der Waals surface area contributed by atoms with Crippen LogP contribution in [-0.4, -0.2) is 44.3 Å². The fraction of sp³-hybridized carbons (Fsp3) is 0.250. The predicted octanol–water partition coefficient (Wildman–Crippen LogP) is 3.48. The van der Waals surface area contributed by atoms with Crippen molar-refractivity contribution in [3.63, 3.8) is 0 Å². The molecule has 1 aromatic heterocycles. The molecule has 0 aliphatic heterocycles. The van der Waals surface area contributed by atoms with Crippen LogP contribution in [-0.2, 0) is 30.7 Å². The van der Waals surface area contributed by atoms with Crippen LogP contribution in [0.25, 0.3) is 10.2 Å². The summed E-state index contributed by atoms with van der Waals surface area (Å²) >= 11 is 13.0. The minimum Gasteiger partial charge on any atom is -0.482 e. The van der Waals surface area contributed by atoms with Gasteiger partial charge in [-0.3, -0.25) is 9.59 Å². The molecule has 0 saturated carbocycles. The van der Waals surface area contributed by atoms with Crippen LogP contribution in [0.15, 0.2) is 46.3 Å². The lowest BCUT2D eigenvalue weighted by atomic mass is 10.3. The van der Waals surface area contributed by atoms with Gasteiger partial charge in [0.05, 0.1) is 26.7 Å². The van der Waals surface area contributed by atoms with Crippen molar-refractivity contribution in [3.05, 3.63) is 51.2 Å². The minimum absolute atomic E-state index is 0.119. The van der Waals surface area contributed by atoms with E-state index in [2.05, 4.69) is 4.99 Å². The molecule has 0 N–H and O–H groups in total. The molecule has 0 spiro atoms. The molecule has 12 heteroatoms. The summed E-state index contributed by atoms with van der Waals surface area (Å²) in [4.78, 5) is 28.9. The van der Waals surface area contributed by atoms with E-state index in [4.69, 9.17) is 32.7 Å². The highest BCUT2D eigenvalue weighted by Gasteiger charge is 2.15. The van der Waals surface area contributed by atoms with Crippen LogP contribution in [0.3, 0.4) is 0 Å². The van der Waals surface area contributed by atoms with Crippen LogP contribution in [0.1, 0.15) is 6.92 Å². The maximum atomic E-state index is 12.5. The van der Waals surface area contributed by atoms with Crippen LogP contribution < -0.4 is 9.54 Å². The molecular weight excluding hydrogens is 499 g/mol. The number of nitrogens with zero attached hydrogens (tertiary/aromatic N) is 2. The summed E-state index contributed by atoms with van der Waals surface area (Å²) in [5.41, 5.74) is 0.545. The second-order valence-corrected chi connectivity index (χ2v) is 10.4. The van der Waals surface area contributed by atoms with Gasteiger partial charge < -0.3 is 14.0 Å². The molecule has 0 aliphatic carbocycles. The van der Waals surface area contributed by atoms with Crippen molar-refractivity contribution < 1.29 is 27.5 Å². The first-order chi connectivity index (χ1) is 15.1. The zero-order chi connectivity index (χ0) is 23.5. The van der Waals surface area contributed by atoms with Crippen molar-refractivity contribution in [2.24, 2.45) is 4.99 Å². The number of carbonyl (C=O) groups is 2. The molecule has 0 radical (unpaired) electrons. The number of carbonyl (C=O) groups excluding carboxylic acids is 2. The molecule has 1 heterocycles. The first-order valence-corrected chi connectivity index (χ1v) is 12.7. The molecular formula is C20H18Cl2N2O6S2. The Hall–Kier alpha value is -2.40. The monoisotopic (exact) mass is 516 g/mol. The number of benzene rings is 2. The summed E-state index contributed by atoms with van der Waals surface area (Å²) in [5, 5.41) is 0.676. The first-order valence-electron chi connectivity index (χ1n) is 9.23. The van der Waals surface area contributed by atoms with Gasteiger partial charge in [0.1, 0.15) is 12.3 Å². The van der Waals surface area contributed by atoms with Crippen LogP contribution >= 0.6 is 34.5 Å². The molecule has 0 unspecified atom stereocenters. The normalized spacial score (nSPS) is 12.2. The summed E-state index contributed by atoms with van der Waals surface area (Å²) < 4.78 is 36.2. The van der Waals surface area contributed by atoms with Crippen LogP contribution in [0.4, 0.5) is 0 Å². The Labute approximate surface area is 197 Å². The molecule has 32 heavy (non-hydrogen) atoms. The Balaban J connectivity index is 1.97. The van der Waals surface area contributed by atoms with Crippen LogP contribution in [0.2, 0.25) is 10.0 Å². The van der Waals surface area contributed by atoms with E-state index in [-0.39, 0.29) is 33.6 Å². The van der Waals surface area contributed by atoms with E-state index >= 15 is 0 Å². The number of halogens is 2. The average molecular weight is 517 g/mol. The van der Waals surface area contributed by atoms with Gasteiger partial charge in [-0.1, -0.05) is 34.5 Å². The van der Waals surface area contributed by atoms with Gasteiger partial charge in [0.25, 0.3) is 5.91 Å². The zero-order valence-corrected chi connectivity index (χ0v) is 20.1. The summed E-state index contributed by atoms with van der Waals surface area (Å²) in [5.74, 6) is -0.867. The number of rotatable bonds is 7. The third kappa shape index (κ3) is 5.89. The number of fused-ring (bicyclic) bond motifs is 1. The third-order valence-corrected chi connectivity index (χ3v) is 6.82. The van der Waals surface area contributed by atoms with Gasteiger partial charge in [0.15, 0.2) is 21.2 Å². The van der Waals surface area contributed by atoms with Gasteiger partial charge in [-0.15, -0.1) is 0 Å². The lowest BCUT2D eigenvalue weighted by Gasteiger charge is -2.07. The topological polar surface area (TPSA) is 104 Å². The molecule has 3 rings (SSSR count). The molecule has 0 aliphatic rings. The van der Waals surface area contributed by atoms with Crippen molar-refractivity contribution in [3.8, 4) is 5.75 Å². The van der Waals surface area contributed by atoms with Crippen molar-refractivity contribution >= 4 is 66.5 Å². The standard InChI is InChI=1S/C20H18Cl2N2O6S2/c1-3-29-19(26)10-24-15-6-5-13(32(2,27)28)9-17(15)31-20(24)23-18(25)11-30-16-7-4-12(21)8-14(16)22/h4-9H,3,10-11H2,1-2H3. The first kappa shape index (κ1) is 24.2. The van der Waals surface area contributed by atoms with Crippen LogP contribution in [0, 0.1) is 0 Å². The fourth-order valence-electron chi connectivity index (χ4n) is 2.73. The summed E-state index contributed by atoms with van der Waals surface area (Å²) in [6, 6.07) is 9.06. The number of thiazole rings is 1. The molecule has 0 atom stereocenters. The highest BCUT2D eigenvalue weighted by Crippen LogP contribution is 2.27. The molecule has 3 aromatic rings. The van der Waals surface area contributed by atoms with Gasteiger partial charge >= 0.3 is 5.97 Å². The van der Waals surface area contributed by atoms with Gasteiger partial charge in [-0.05, 0) is 43.3 Å². The molecule has 0 fully saturated rings. The Morgan fingerprint density at radius 1 is 1.16 bits per heavy atom. The quantitative estimate of drug-likeness (QED) is 0.445. The SMILES string of the molecule is CCOC(=O)Cn1c(=NC(=O)COc2ccc(Cl)cc2Cl)sc2cc(S(C)(=O)=O)ccc21. The van der Waals surface area contributed by atoms with Crippen molar-refractivity contribution in [1.82, 2.24) is 4.57 Å². The number of sulfone groups is 1. The van der Waals surface area contributed by atoms with E-state index in [1.807, 2.05) is 0 Å². The molecule has 2 aromatic carbocycles. The molecule has 0 saturated heterocycles. The van der Waals surface area contributed by atoms with Gasteiger partial charge in [0.2, 0.25) is 0 Å². The molecule has 170 valence electrons. The number of esters is 1. The molecule has 8 nitrogen and oxygen atoms in total. The van der Waals surface area contributed by atoms with Gasteiger partial charge in [-0.2, -0.15) is 4.99 Å². The minimum atomic E-state index is -3.43. The Kier molecular flexibility index (Phi) is 7.60.